The van der Waals surface area contributed by atoms with Crippen LogP contribution < -0.4 is 10.9 Å². The molecule has 5 heteroatoms. The average Bonchev–Trinajstić information content (AvgIpc) is 2.80. The van der Waals surface area contributed by atoms with Crippen LogP contribution in [0.25, 0.3) is 10.8 Å². The molecule has 0 aliphatic heterocycles. The fourth-order valence-corrected chi connectivity index (χ4v) is 3.68. The molecular weight excluding hydrogens is 374 g/mol. The summed E-state index contributed by atoms with van der Waals surface area (Å²) in [6.07, 6.45) is 2.38. The summed E-state index contributed by atoms with van der Waals surface area (Å²) < 4.78 is 1.21. The Morgan fingerprint density at radius 2 is 1.47 bits per heavy atom. The first-order valence-electron chi connectivity index (χ1n) is 10.0. The lowest BCUT2D eigenvalue weighted by Crippen LogP contribution is -2.34. The van der Waals surface area contributed by atoms with Crippen molar-refractivity contribution < 1.29 is 4.79 Å². The van der Waals surface area contributed by atoms with Crippen molar-refractivity contribution in [1.82, 2.24) is 15.1 Å². The molecule has 30 heavy (non-hydrogen) atoms. The number of rotatable bonds is 7. The molecule has 0 aliphatic carbocycles. The van der Waals surface area contributed by atoms with Gasteiger partial charge in [0.15, 0.2) is 0 Å². The van der Waals surface area contributed by atoms with Crippen molar-refractivity contribution in [3.05, 3.63) is 113 Å². The first kappa shape index (κ1) is 19.6. The maximum Gasteiger partial charge on any atom is 0.275 e. The van der Waals surface area contributed by atoms with Gasteiger partial charge in [0.25, 0.3) is 5.56 Å². The minimum atomic E-state index is -0.255. The molecule has 0 aliphatic rings. The number of amides is 1. The topological polar surface area (TPSA) is 64.0 Å². The van der Waals surface area contributed by atoms with E-state index in [1.165, 1.54) is 15.8 Å². The lowest BCUT2D eigenvalue weighted by atomic mass is 9.88. The van der Waals surface area contributed by atoms with E-state index in [0.29, 0.717) is 11.9 Å². The molecule has 0 unspecified atom stereocenters. The summed E-state index contributed by atoms with van der Waals surface area (Å²) >= 11 is 0. The van der Waals surface area contributed by atoms with Crippen molar-refractivity contribution in [3.63, 3.8) is 0 Å². The minimum Gasteiger partial charge on any atom is -0.354 e. The summed E-state index contributed by atoms with van der Waals surface area (Å²) in [4.78, 5) is 25.0. The summed E-state index contributed by atoms with van der Waals surface area (Å²) in [6, 6.07) is 27.8. The predicted octanol–water partition coefficient (Wildman–Crippen LogP) is 3.73. The van der Waals surface area contributed by atoms with E-state index in [1.807, 2.05) is 48.5 Å². The predicted molar refractivity (Wildman–Crippen MR) is 118 cm³/mol. The Labute approximate surface area is 175 Å². The zero-order valence-electron chi connectivity index (χ0n) is 16.6. The number of fused-ring (bicyclic) bond motifs is 1. The third-order valence-corrected chi connectivity index (χ3v) is 5.21. The Morgan fingerprint density at radius 1 is 0.867 bits per heavy atom. The van der Waals surface area contributed by atoms with Crippen LogP contribution in [-0.4, -0.2) is 22.2 Å². The molecule has 3 aromatic carbocycles. The fraction of sp³-hybridized carbons (Fsp3) is 0.160. The van der Waals surface area contributed by atoms with E-state index in [4.69, 9.17) is 0 Å². The quantitative estimate of drug-likeness (QED) is 0.517. The van der Waals surface area contributed by atoms with Crippen molar-refractivity contribution >= 4 is 16.7 Å². The van der Waals surface area contributed by atoms with Crippen molar-refractivity contribution in [2.24, 2.45) is 0 Å². The number of carbonyl (C=O) groups is 1. The van der Waals surface area contributed by atoms with E-state index < -0.39 is 0 Å². The highest BCUT2D eigenvalue weighted by atomic mass is 16.2. The third kappa shape index (κ3) is 4.46. The monoisotopic (exact) mass is 397 g/mol. The van der Waals surface area contributed by atoms with Crippen LogP contribution in [0, 0.1) is 0 Å². The van der Waals surface area contributed by atoms with E-state index in [9.17, 15) is 9.59 Å². The number of carbonyl (C=O) groups excluding carboxylic acids is 1. The van der Waals surface area contributed by atoms with E-state index in [2.05, 4.69) is 34.7 Å². The normalized spacial score (nSPS) is 11.0. The Hall–Kier alpha value is -3.73. The van der Waals surface area contributed by atoms with E-state index in [0.717, 1.165) is 11.8 Å². The van der Waals surface area contributed by atoms with Crippen molar-refractivity contribution in [3.8, 4) is 0 Å². The largest absolute Gasteiger partial charge is 0.354 e. The van der Waals surface area contributed by atoms with Gasteiger partial charge in [-0.05, 0) is 23.6 Å². The third-order valence-electron chi connectivity index (χ3n) is 5.21. The zero-order valence-corrected chi connectivity index (χ0v) is 16.6. The summed E-state index contributed by atoms with van der Waals surface area (Å²) in [5.74, 6) is -0.0334. The summed E-state index contributed by atoms with van der Waals surface area (Å²) in [7, 11) is 0. The first-order chi connectivity index (χ1) is 14.7. The Balaban J connectivity index is 1.42. The highest BCUT2D eigenvalue weighted by Crippen LogP contribution is 2.27. The van der Waals surface area contributed by atoms with Gasteiger partial charge in [-0.25, -0.2) is 4.68 Å². The van der Waals surface area contributed by atoms with Crippen LogP contribution in [0.15, 0.2) is 95.9 Å². The number of benzene rings is 3. The molecule has 0 saturated carbocycles. The fourth-order valence-electron chi connectivity index (χ4n) is 3.68. The molecule has 4 rings (SSSR count). The molecule has 1 aromatic heterocycles. The van der Waals surface area contributed by atoms with Gasteiger partial charge in [0.2, 0.25) is 5.91 Å². The smallest absolute Gasteiger partial charge is 0.275 e. The maximum absolute atomic E-state index is 12.5. The van der Waals surface area contributed by atoms with Crippen molar-refractivity contribution in [1.29, 1.82) is 0 Å². The minimum absolute atomic E-state index is 0.0923. The molecule has 5 nitrogen and oxygen atoms in total. The van der Waals surface area contributed by atoms with E-state index >= 15 is 0 Å². The second-order valence-corrected chi connectivity index (χ2v) is 7.21. The first-order valence-corrected chi connectivity index (χ1v) is 10.0. The number of hydrogen-bond donors (Lipinski definition) is 1. The highest BCUT2D eigenvalue weighted by molar-refractivity contribution is 5.81. The van der Waals surface area contributed by atoms with E-state index in [-0.39, 0.29) is 23.9 Å². The second kappa shape index (κ2) is 9.18. The molecule has 1 heterocycles. The van der Waals surface area contributed by atoms with E-state index in [1.54, 1.807) is 18.3 Å². The molecule has 0 atom stereocenters. The second-order valence-electron chi connectivity index (χ2n) is 7.21. The summed E-state index contributed by atoms with van der Waals surface area (Å²) in [5, 5.41) is 8.40. The average molecular weight is 397 g/mol. The molecular formula is C25H23N3O2. The number of aromatic nitrogens is 2. The van der Waals surface area contributed by atoms with Gasteiger partial charge in [0.1, 0.15) is 6.54 Å². The molecule has 0 fully saturated rings. The van der Waals surface area contributed by atoms with Gasteiger partial charge < -0.3 is 5.32 Å². The summed E-state index contributed by atoms with van der Waals surface area (Å²) in [5.41, 5.74) is 2.17. The van der Waals surface area contributed by atoms with Crippen molar-refractivity contribution in [2.75, 3.05) is 6.54 Å². The van der Waals surface area contributed by atoms with Crippen LogP contribution in [0.2, 0.25) is 0 Å². The Kier molecular flexibility index (Phi) is 5.99. The van der Waals surface area contributed by atoms with Gasteiger partial charge >= 0.3 is 0 Å². The van der Waals surface area contributed by atoms with Crippen LogP contribution in [0.1, 0.15) is 23.5 Å². The SMILES string of the molecule is O=C(Cn1ncc2ccccc2c1=O)NCCC(c1ccccc1)c1ccccc1. The molecule has 1 amide bonds. The lowest BCUT2D eigenvalue weighted by Gasteiger charge is -2.18. The van der Waals surface area contributed by atoms with Gasteiger partial charge in [0, 0.05) is 17.8 Å². The molecule has 0 radical (unpaired) electrons. The maximum atomic E-state index is 12.5. The van der Waals surface area contributed by atoms with Gasteiger partial charge in [-0.3, -0.25) is 9.59 Å². The van der Waals surface area contributed by atoms with Crippen LogP contribution in [0.4, 0.5) is 0 Å². The molecule has 0 saturated heterocycles. The highest BCUT2D eigenvalue weighted by Gasteiger charge is 2.14. The molecule has 150 valence electrons. The Bertz CT molecular complexity index is 1150. The molecule has 1 N–H and O–H groups in total. The molecule has 0 bridgehead atoms. The van der Waals surface area contributed by atoms with Crippen LogP contribution in [0.3, 0.4) is 0 Å². The van der Waals surface area contributed by atoms with Crippen molar-refractivity contribution in [2.45, 2.75) is 18.9 Å². The van der Waals surface area contributed by atoms with Crippen LogP contribution >= 0.6 is 0 Å². The van der Waals surface area contributed by atoms with Gasteiger partial charge in [-0.2, -0.15) is 5.10 Å². The standard InChI is InChI=1S/C25H23N3O2/c29-24(18-28-25(30)23-14-8-7-13-21(23)17-27-28)26-16-15-22(19-9-3-1-4-10-19)20-11-5-2-6-12-20/h1-14,17,22H,15-16,18H2,(H,26,29). The van der Waals surface area contributed by atoms with Crippen LogP contribution in [-0.2, 0) is 11.3 Å². The zero-order chi connectivity index (χ0) is 20.8. The van der Waals surface area contributed by atoms with Gasteiger partial charge in [-0.1, -0.05) is 78.9 Å². The summed E-state index contributed by atoms with van der Waals surface area (Å²) in [6.45, 7) is 0.417. The Morgan fingerprint density at radius 3 is 2.13 bits per heavy atom. The number of nitrogens with zero attached hydrogens (tertiary/aromatic N) is 2. The van der Waals surface area contributed by atoms with Gasteiger partial charge in [-0.15, -0.1) is 0 Å². The number of nitrogens with one attached hydrogen (secondary N) is 1. The lowest BCUT2D eigenvalue weighted by molar-refractivity contribution is -0.121. The molecule has 4 aromatic rings. The number of hydrogen-bond acceptors (Lipinski definition) is 3. The molecule has 0 spiro atoms. The van der Waals surface area contributed by atoms with Gasteiger partial charge in [0.05, 0.1) is 11.6 Å². The van der Waals surface area contributed by atoms with Crippen LogP contribution in [0.5, 0.6) is 0 Å².